The summed E-state index contributed by atoms with van der Waals surface area (Å²) in [6.07, 6.45) is 0.178. The quantitative estimate of drug-likeness (QED) is 0.879. The zero-order chi connectivity index (χ0) is 15.8. The van der Waals surface area contributed by atoms with Gasteiger partial charge in [-0.3, -0.25) is 4.79 Å². The molecule has 1 heterocycles. The molecule has 1 N–H and O–H groups in total. The number of aromatic carboxylic acids is 1. The first-order chi connectivity index (χ1) is 9.72. The molecule has 6 nitrogen and oxygen atoms in total. The number of carboxylic acids is 1. The summed E-state index contributed by atoms with van der Waals surface area (Å²) in [5.74, 6) is -1.41. The Bertz CT molecular complexity index is 693. The summed E-state index contributed by atoms with van der Waals surface area (Å²) in [7, 11) is -3.25. The number of hydrogen-bond acceptors (Lipinski definition) is 4. The fraction of sp³-hybridized carbons (Fsp3) is 0.429. The Morgan fingerprint density at radius 2 is 2.05 bits per heavy atom. The summed E-state index contributed by atoms with van der Waals surface area (Å²) in [6, 6.07) is 4.47. The van der Waals surface area contributed by atoms with Crippen molar-refractivity contribution in [3.63, 3.8) is 0 Å². The van der Waals surface area contributed by atoms with Crippen LogP contribution in [0.25, 0.3) is 0 Å². The molecule has 0 fully saturated rings. The number of carbonyl (C=O) groups is 2. The molecule has 1 aromatic carbocycles. The Hall–Kier alpha value is -1.89. The first kappa shape index (κ1) is 15.5. The van der Waals surface area contributed by atoms with Crippen LogP contribution in [0.1, 0.15) is 29.8 Å². The molecular weight excluding hydrogens is 294 g/mol. The Morgan fingerprint density at radius 1 is 1.38 bits per heavy atom. The van der Waals surface area contributed by atoms with Gasteiger partial charge in [-0.1, -0.05) is 6.07 Å². The zero-order valence-electron chi connectivity index (χ0n) is 11.9. The van der Waals surface area contributed by atoms with E-state index in [0.29, 0.717) is 5.69 Å². The van der Waals surface area contributed by atoms with E-state index in [-0.39, 0.29) is 30.2 Å². The third kappa shape index (κ3) is 3.07. The van der Waals surface area contributed by atoms with E-state index in [1.807, 2.05) is 0 Å². The van der Waals surface area contributed by atoms with E-state index >= 15 is 0 Å². The third-order valence-electron chi connectivity index (χ3n) is 3.58. The number of fused-ring (bicyclic) bond motifs is 1. The Morgan fingerprint density at radius 3 is 2.62 bits per heavy atom. The fourth-order valence-corrected chi connectivity index (χ4v) is 3.10. The molecule has 0 spiro atoms. The number of anilines is 1. The van der Waals surface area contributed by atoms with Crippen molar-refractivity contribution in [3.8, 4) is 0 Å². The molecule has 1 aromatic rings. The summed E-state index contributed by atoms with van der Waals surface area (Å²) in [4.78, 5) is 24.3. The first-order valence-electron chi connectivity index (χ1n) is 6.60. The topological polar surface area (TPSA) is 91.8 Å². The highest BCUT2D eigenvalue weighted by Crippen LogP contribution is 2.30. The highest BCUT2D eigenvalue weighted by molar-refractivity contribution is 7.92. The van der Waals surface area contributed by atoms with Gasteiger partial charge < -0.3 is 10.0 Å². The maximum atomic E-state index is 12.0. The van der Waals surface area contributed by atoms with Crippen LogP contribution >= 0.6 is 0 Å². The summed E-state index contributed by atoms with van der Waals surface area (Å²) in [5, 5.41) is 8.50. The highest BCUT2D eigenvalue weighted by atomic mass is 32.2. The van der Waals surface area contributed by atoms with Gasteiger partial charge in [0.15, 0.2) is 9.84 Å². The van der Waals surface area contributed by atoms with E-state index in [4.69, 9.17) is 5.11 Å². The normalized spacial score (nSPS) is 14.6. The average Bonchev–Trinajstić information content (AvgIpc) is 2.70. The Labute approximate surface area is 123 Å². The van der Waals surface area contributed by atoms with Gasteiger partial charge in [-0.25, -0.2) is 13.2 Å². The SMILES string of the molecule is CC(C)S(=O)(=O)CCN1C(=O)Cc2ccc(C(=O)O)cc21. The van der Waals surface area contributed by atoms with Crippen molar-refractivity contribution in [2.75, 3.05) is 17.2 Å². The second kappa shape index (κ2) is 5.48. The van der Waals surface area contributed by atoms with Gasteiger partial charge in [-0.05, 0) is 31.5 Å². The van der Waals surface area contributed by atoms with Gasteiger partial charge in [-0.15, -0.1) is 0 Å². The van der Waals surface area contributed by atoms with Gasteiger partial charge in [0.25, 0.3) is 0 Å². The largest absolute Gasteiger partial charge is 0.478 e. The summed E-state index contributed by atoms with van der Waals surface area (Å²) in [6.45, 7) is 3.24. The van der Waals surface area contributed by atoms with E-state index in [2.05, 4.69) is 0 Å². The van der Waals surface area contributed by atoms with Crippen LogP contribution in [0.3, 0.4) is 0 Å². The van der Waals surface area contributed by atoms with Gasteiger partial charge in [0.1, 0.15) is 0 Å². The standard InChI is InChI=1S/C14H17NO5S/c1-9(2)21(19,20)6-5-15-12-7-11(14(17)18)4-3-10(12)8-13(15)16/h3-4,7,9H,5-6,8H2,1-2H3,(H,17,18). The molecule has 0 aliphatic carbocycles. The van der Waals surface area contributed by atoms with Gasteiger partial charge in [-0.2, -0.15) is 0 Å². The van der Waals surface area contributed by atoms with E-state index in [9.17, 15) is 18.0 Å². The maximum absolute atomic E-state index is 12.0. The molecule has 0 bridgehead atoms. The molecule has 1 amide bonds. The van der Waals surface area contributed by atoms with Gasteiger partial charge >= 0.3 is 5.97 Å². The average molecular weight is 311 g/mol. The predicted molar refractivity (Wildman–Crippen MR) is 78.4 cm³/mol. The van der Waals surface area contributed by atoms with Crippen molar-refractivity contribution in [3.05, 3.63) is 29.3 Å². The predicted octanol–water partition coefficient (Wildman–Crippen LogP) is 1.10. The Kier molecular flexibility index (Phi) is 4.04. The molecule has 114 valence electrons. The van der Waals surface area contributed by atoms with Crippen molar-refractivity contribution in [2.24, 2.45) is 0 Å². The lowest BCUT2D eigenvalue weighted by atomic mass is 10.1. The lowest BCUT2D eigenvalue weighted by molar-refractivity contribution is -0.117. The van der Waals surface area contributed by atoms with Crippen LogP contribution in [-0.2, 0) is 21.1 Å². The van der Waals surface area contributed by atoms with Crippen molar-refractivity contribution in [1.82, 2.24) is 0 Å². The van der Waals surface area contributed by atoms with E-state index in [1.165, 1.54) is 17.0 Å². The van der Waals surface area contributed by atoms with E-state index in [1.54, 1.807) is 19.9 Å². The first-order valence-corrected chi connectivity index (χ1v) is 8.32. The molecule has 2 rings (SSSR count). The monoisotopic (exact) mass is 311 g/mol. The number of carboxylic acid groups (broad SMARTS) is 1. The second-order valence-corrected chi connectivity index (χ2v) is 7.96. The smallest absolute Gasteiger partial charge is 0.335 e. The minimum Gasteiger partial charge on any atom is -0.478 e. The number of benzene rings is 1. The van der Waals surface area contributed by atoms with Crippen LogP contribution < -0.4 is 4.90 Å². The van der Waals surface area contributed by atoms with Gasteiger partial charge in [0.2, 0.25) is 5.91 Å². The van der Waals surface area contributed by atoms with E-state index in [0.717, 1.165) is 5.56 Å². The molecule has 0 unspecified atom stereocenters. The number of hydrogen-bond donors (Lipinski definition) is 1. The van der Waals surface area contributed by atoms with Crippen molar-refractivity contribution in [1.29, 1.82) is 0 Å². The molecule has 0 radical (unpaired) electrons. The van der Waals surface area contributed by atoms with Crippen molar-refractivity contribution >= 4 is 27.4 Å². The second-order valence-electron chi connectivity index (χ2n) is 5.29. The Balaban J connectivity index is 2.25. The number of nitrogens with zero attached hydrogens (tertiary/aromatic N) is 1. The molecular formula is C14H17NO5S. The summed E-state index contributed by atoms with van der Waals surface area (Å²) >= 11 is 0. The minimum absolute atomic E-state index is 0.0510. The van der Waals surface area contributed by atoms with Crippen molar-refractivity contribution < 1.29 is 23.1 Å². The number of rotatable bonds is 5. The fourth-order valence-electron chi connectivity index (χ4n) is 2.19. The van der Waals surface area contributed by atoms with Crippen LogP contribution in [0.4, 0.5) is 5.69 Å². The van der Waals surface area contributed by atoms with Gasteiger partial charge in [0.05, 0.1) is 23.0 Å². The molecule has 1 aliphatic heterocycles. The lowest BCUT2D eigenvalue weighted by Gasteiger charge is -2.18. The third-order valence-corrected chi connectivity index (χ3v) is 5.77. The molecule has 0 atom stereocenters. The summed E-state index contributed by atoms with van der Waals surface area (Å²) < 4.78 is 23.7. The molecule has 0 saturated heterocycles. The van der Waals surface area contributed by atoms with Crippen LogP contribution in [0.5, 0.6) is 0 Å². The maximum Gasteiger partial charge on any atom is 0.335 e. The molecule has 0 saturated carbocycles. The lowest BCUT2D eigenvalue weighted by Crippen LogP contribution is -2.34. The van der Waals surface area contributed by atoms with Gasteiger partial charge in [0, 0.05) is 12.2 Å². The molecule has 7 heteroatoms. The van der Waals surface area contributed by atoms with E-state index < -0.39 is 21.1 Å². The summed E-state index contributed by atoms with van der Waals surface area (Å²) in [5.41, 5.74) is 1.31. The van der Waals surface area contributed by atoms with Crippen LogP contribution in [0.2, 0.25) is 0 Å². The number of carbonyl (C=O) groups excluding carboxylic acids is 1. The van der Waals surface area contributed by atoms with Crippen molar-refractivity contribution in [2.45, 2.75) is 25.5 Å². The van der Waals surface area contributed by atoms with Crippen LogP contribution in [-0.4, -0.2) is 42.9 Å². The number of sulfone groups is 1. The molecule has 0 aromatic heterocycles. The zero-order valence-corrected chi connectivity index (χ0v) is 12.7. The highest BCUT2D eigenvalue weighted by Gasteiger charge is 2.29. The van der Waals surface area contributed by atoms with Crippen LogP contribution in [0, 0.1) is 0 Å². The minimum atomic E-state index is -3.25. The van der Waals surface area contributed by atoms with Crippen LogP contribution in [0.15, 0.2) is 18.2 Å². The number of amides is 1. The molecule has 1 aliphatic rings. The molecule has 21 heavy (non-hydrogen) atoms.